The van der Waals surface area contributed by atoms with Gasteiger partial charge in [-0.3, -0.25) is 0 Å². The van der Waals surface area contributed by atoms with E-state index in [1.54, 1.807) is 36.4 Å². The molecule has 0 aromatic heterocycles. The summed E-state index contributed by atoms with van der Waals surface area (Å²) in [6.07, 6.45) is -9.07. The summed E-state index contributed by atoms with van der Waals surface area (Å²) in [6, 6.07) is 23.5. The molecule has 4 nitrogen and oxygen atoms in total. The zero-order chi connectivity index (χ0) is 38.7. The van der Waals surface area contributed by atoms with E-state index in [0.717, 1.165) is 24.3 Å². The Bertz CT molecular complexity index is 2350. The maximum Gasteiger partial charge on any atom is 0.416 e. The van der Waals surface area contributed by atoms with E-state index in [1.165, 1.54) is 24.3 Å². The van der Waals surface area contributed by atoms with Crippen molar-refractivity contribution in [3.05, 3.63) is 119 Å². The Kier molecular flexibility index (Phi) is 9.28. The summed E-state index contributed by atoms with van der Waals surface area (Å²) in [5, 5.41) is 5.08. The average Bonchev–Trinajstić information content (AvgIpc) is 3.13. The minimum atomic E-state index is -4.54. The van der Waals surface area contributed by atoms with Crippen LogP contribution in [0.3, 0.4) is 0 Å². The number of alkyl halides is 6. The number of ether oxygens (including phenoxy) is 2. The van der Waals surface area contributed by atoms with Gasteiger partial charge in [0.1, 0.15) is 0 Å². The Balaban J connectivity index is 1.56. The fourth-order valence-electron chi connectivity index (χ4n) is 7.03. The largest absolute Gasteiger partial charge is 0.462 e. The molecule has 0 aliphatic heterocycles. The summed E-state index contributed by atoms with van der Waals surface area (Å²) in [5.74, 6) is -1.07. The van der Waals surface area contributed by atoms with E-state index in [-0.39, 0.29) is 36.2 Å². The summed E-state index contributed by atoms with van der Waals surface area (Å²) in [5.41, 5.74) is 0.826. The van der Waals surface area contributed by atoms with Crippen LogP contribution in [0, 0.1) is 11.8 Å². The smallest absolute Gasteiger partial charge is 0.416 e. The summed E-state index contributed by atoms with van der Waals surface area (Å²) in [6.45, 7) is 7.93. The van der Waals surface area contributed by atoms with Gasteiger partial charge in [0, 0.05) is 10.8 Å². The lowest BCUT2D eigenvalue weighted by Gasteiger charge is -2.21. The second-order valence-corrected chi connectivity index (χ2v) is 14.3. The number of benzene rings is 7. The van der Waals surface area contributed by atoms with Crippen molar-refractivity contribution in [1.82, 2.24) is 0 Å². The number of rotatable bonds is 8. The summed E-state index contributed by atoms with van der Waals surface area (Å²) in [4.78, 5) is 27.4. The Morgan fingerprint density at radius 3 is 1.07 bits per heavy atom. The van der Waals surface area contributed by atoms with Gasteiger partial charge in [0.25, 0.3) is 0 Å². The Labute approximate surface area is 306 Å². The molecule has 0 unspecified atom stereocenters. The van der Waals surface area contributed by atoms with Crippen LogP contribution in [0.5, 0.6) is 0 Å². The predicted octanol–water partition coefficient (Wildman–Crippen LogP) is 12.7. The van der Waals surface area contributed by atoms with Crippen molar-refractivity contribution in [2.45, 2.75) is 40.0 Å². The second kappa shape index (κ2) is 13.6. The topological polar surface area (TPSA) is 52.6 Å². The molecule has 0 aliphatic rings. The van der Waals surface area contributed by atoms with Gasteiger partial charge in [-0.1, -0.05) is 88.4 Å². The van der Waals surface area contributed by atoms with Gasteiger partial charge in [-0.25, -0.2) is 9.59 Å². The number of esters is 2. The van der Waals surface area contributed by atoms with Crippen LogP contribution in [0.15, 0.2) is 97.1 Å². The quantitative estimate of drug-likeness (QED) is 0.0674. The van der Waals surface area contributed by atoms with Gasteiger partial charge in [-0.2, -0.15) is 26.3 Å². The SMILES string of the molecule is CC(C)COC(=O)c1ccc2c3ccc(-c4ccc(C(F)(F)F)cc4)c4c(C(=O)OCC(C)C)ccc(c5ccc(-c6ccc(C(F)(F)F)cc6)c1c25)c43. The molecule has 0 amide bonds. The molecule has 0 N–H and O–H groups in total. The lowest BCUT2D eigenvalue weighted by Crippen LogP contribution is -2.12. The number of halogens is 6. The molecular weight excluding hydrogens is 706 g/mol. The van der Waals surface area contributed by atoms with Gasteiger partial charge in [0.15, 0.2) is 0 Å². The molecule has 0 aliphatic carbocycles. The lowest BCUT2D eigenvalue weighted by atomic mass is 9.82. The molecule has 0 radical (unpaired) electrons. The molecule has 7 aromatic carbocycles. The summed E-state index contributed by atoms with van der Waals surface area (Å²) >= 11 is 0. The summed E-state index contributed by atoms with van der Waals surface area (Å²) in [7, 11) is 0. The standard InChI is InChI=1S/C44H34F6O4/c1-23(2)21-53-41(51)35-19-17-33-32-16-14-30(26-7-11-28(12-8-26)44(48,49)50)38-36(42(52)54-22-24(3)4)20-18-34(40(32)38)31-15-13-29(37(35)39(31)33)25-5-9-27(10-6-25)43(45,46)47/h5-20,23-24H,21-22H2,1-4H3. The van der Waals surface area contributed by atoms with Crippen molar-refractivity contribution < 1.29 is 45.4 Å². The average molecular weight is 741 g/mol. The highest BCUT2D eigenvalue weighted by Gasteiger charge is 2.32. The van der Waals surface area contributed by atoms with Gasteiger partial charge in [0.2, 0.25) is 0 Å². The van der Waals surface area contributed by atoms with Crippen molar-refractivity contribution in [2.75, 3.05) is 13.2 Å². The molecular formula is C44H34F6O4. The van der Waals surface area contributed by atoms with Crippen LogP contribution in [0.25, 0.3) is 65.3 Å². The third-order valence-corrected chi connectivity index (χ3v) is 9.48. The van der Waals surface area contributed by atoms with Crippen molar-refractivity contribution in [2.24, 2.45) is 11.8 Å². The zero-order valence-corrected chi connectivity index (χ0v) is 29.7. The number of fused-ring (bicyclic) bond motifs is 2. The van der Waals surface area contributed by atoms with Crippen LogP contribution in [0.2, 0.25) is 0 Å². The molecule has 54 heavy (non-hydrogen) atoms. The number of carbonyl (C=O) groups excluding carboxylic acids is 2. The van der Waals surface area contributed by atoms with Crippen LogP contribution < -0.4 is 0 Å². The molecule has 7 aromatic rings. The van der Waals surface area contributed by atoms with Crippen LogP contribution >= 0.6 is 0 Å². The first kappa shape index (κ1) is 36.7. The normalized spacial score (nSPS) is 12.5. The van der Waals surface area contributed by atoms with Gasteiger partial charge in [-0.15, -0.1) is 0 Å². The second-order valence-electron chi connectivity index (χ2n) is 14.3. The molecule has 0 saturated heterocycles. The van der Waals surface area contributed by atoms with Crippen LogP contribution in [-0.2, 0) is 21.8 Å². The monoisotopic (exact) mass is 740 g/mol. The predicted molar refractivity (Wildman–Crippen MR) is 199 cm³/mol. The molecule has 0 saturated carbocycles. The third-order valence-electron chi connectivity index (χ3n) is 9.48. The molecule has 0 bridgehead atoms. The fourth-order valence-corrected chi connectivity index (χ4v) is 7.03. The van der Waals surface area contributed by atoms with Gasteiger partial charge < -0.3 is 9.47 Å². The van der Waals surface area contributed by atoms with Crippen molar-refractivity contribution >= 4 is 55.0 Å². The highest BCUT2D eigenvalue weighted by molar-refractivity contribution is 6.38. The zero-order valence-electron chi connectivity index (χ0n) is 29.7. The number of carbonyl (C=O) groups is 2. The van der Waals surface area contributed by atoms with Crippen molar-refractivity contribution in [1.29, 1.82) is 0 Å². The van der Waals surface area contributed by atoms with Crippen LogP contribution in [-0.4, -0.2) is 25.2 Å². The molecule has 0 fully saturated rings. The van der Waals surface area contributed by atoms with Gasteiger partial charge >= 0.3 is 24.3 Å². The van der Waals surface area contributed by atoms with Crippen molar-refractivity contribution in [3.8, 4) is 22.3 Å². The van der Waals surface area contributed by atoms with E-state index in [9.17, 15) is 35.9 Å². The van der Waals surface area contributed by atoms with E-state index in [1.807, 2.05) is 39.8 Å². The first-order chi connectivity index (χ1) is 25.5. The number of hydrogen-bond donors (Lipinski definition) is 0. The molecule has 0 spiro atoms. The molecule has 7 rings (SSSR count). The third kappa shape index (κ3) is 6.58. The maximum absolute atomic E-state index is 13.7. The maximum atomic E-state index is 13.7. The molecule has 276 valence electrons. The fraction of sp³-hybridized carbons (Fsp3) is 0.227. The Hall–Kier alpha value is -5.64. The van der Waals surface area contributed by atoms with Crippen LogP contribution in [0.4, 0.5) is 26.3 Å². The van der Waals surface area contributed by atoms with Crippen LogP contribution in [0.1, 0.15) is 59.5 Å². The Morgan fingerprint density at radius 2 is 0.778 bits per heavy atom. The van der Waals surface area contributed by atoms with Gasteiger partial charge in [0.05, 0.1) is 35.5 Å². The minimum absolute atomic E-state index is 0.0491. The van der Waals surface area contributed by atoms with E-state index < -0.39 is 35.4 Å². The first-order valence-electron chi connectivity index (χ1n) is 17.4. The minimum Gasteiger partial charge on any atom is -0.462 e. The highest BCUT2D eigenvalue weighted by Crippen LogP contribution is 2.47. The van der Waals surface area contributed by atoms with Crippen molar-refractivity contribution in [3.63, 3.8) is 0 Å². The first-order valence-corrected chi connectivity index (χ1v) is 17.4. The van der Waals surface area contributed by atoms with E-state index >= 15 is 0 Å². The summed E-state index contributed by atoms with van der Waals surface area (Å²) < 4.78 is 92.5. The number of hydrogen-bond acceptors (Lipinski definition) is 4. The van der Waals surface area contributed by atoms with E-state index in [2.05, 4.69) is 0 Å². The Morgan fingerprint density at radius 1 is 0.463 bits per heavy atom. The molecule has 0 atom stereocenters. The molecule has 10 heteroatoms. The van der Waals surface area contributed by atoms with E-state index in [4.69, 9.17) is 9.47 Å². The molecule has 0 heterocycles. The highest BCUT2D eigenvalue weighted by atomic mass is 19.4. The lowest BCUT2D eigenvalue weighted by molar-refractivity contribution is -0.138. The van der Waals surface area contributed by atoms with E-state index in [0.29, 0.717) is 65.3 Å². The van der Waals surface area contributed by atoms with Gasteiger partial charge in [-0.05, 0) is 103 Å².